The summed E-state index contributed by atoms with van der Waals surface area (Å²) in [6, 6.07) is 25.1. The molecule has 0 spiro atoms. The Morgan fingerprint density at radius 1 is 0.778 bits per heavy atom. The van der Waals surface area contributed by atoms with Crippen LogP contribution in [0.1, 0.15) is 0 Å². The van der Waals surface area contributed by atoms with E-state index in [1.165, 1.54) is 0 Å². The third-order valence-corrected chi connectivity index (χ3v) is 4.95. The van der Waals surface area contributed by atoms with E-state index < -0.39 is 0 Å². The van der Waals surface area contributed by atoms with Crippen LogP contribution in [0.5, 0.6) is 5.75 Å². The maximum absolute atomic E-state index is 12.1. The van der Waals surface area contributed by atoms with Crippen LogP contribution in [0.3, 0.4) is 0 Å². The zero-order valence-corrected chi connectivity index (χ0v) is 14.7. The molecule has 0 aliphatic carbocycles. The minimum Gasteiger partial charge on any atom is -0.497 e. The molecule has 0 unspecified atom stereocenters. The van der Waals surface area contributed by atoms with Crippen molar-refractivity contribution in [2.24, 2.45) is 0 Å². The Hall–Kier alpha value is -3.59. The summed E-state index contributed by atoms with van der Waals surface area (Å²) >= 11 is 0. The van der Waals surface area contributed by atoms with Gasteiger partial charge in [0.15, 0.2) is 5.43 Å². The highest BCUT2D eigenvalue weighted by Gasteiger charge is 2.15. The van der Waals surface area contributed by atoms with Crippen molar-refractivity contribution in [3.8, 4) is 16.9 Å². The Labute approximate surface area is 155 Å². The highest BCUT2D eigenvalue weighted by molar-refractivity contribution is 6.18. The van der Waals surface area contributed by atoms with E-state index in [9.17, 15) is 4.79 Å². The molecule has 5 aromatic rings. The van der Waals surface area contributed by atoms with Gasteiger partial charge in [0.05, 0.1) is 7.11 Å². The van der Waals surface area contributed by atoms with Gasteiger partial charge in [0.2, 0.25) is 0 Å². The molecule has 0 bridgehead atoms. The zero-order valence-electron chi connectivity index (χ0n) is 14.7. The molecule has 130 valence electrons. The highest BCUT2D eigenvalue weighted by Crippen LogP contribution is 2.40. The minimum absolute atomic E-state index is 0.0103. The van der Waals surface area contributed by atoms with Crippen LogP contribution in [0.25, 0.3) is 43.8 Å². The van der Waals surface area contributed by atoms with Gasteiger partial charge in [-0.1, -0.05) is 42.5 Å². The van der Waals surface area contributed by atoms with Crippen molar-refractivity contribution >= 4 is 32.7 Å². The molecule has 0 saturated carbocycles. The normalized spacial score (nSPS) is 11.3. The van der Waals surface area contributed by atoms with E-state index >= 15 is 0 Å². The largest absolute Gasteiger partial charge is 0.497 e. The van der Waals surface area contributed by atoms with Gasteiger partial charge in [-0.15, -0.1) is 0 Å². The fourth-order valence-electron chi connectivity index (χ4n) is 3.70. The third kappa shape index (κ3) is 2.48. The summed E-state index contributed by atoms with van der Waals surface area (Å²) < 4.78 is 11.6. The van der Waals surface area contributed by atoms with Crippen LogP contribution in [-0.2, 0) is 0 Å². The van der Waals surface area contributed by atoms with Gasteiger partial charge in [-0.25, -0.2) is 0 Å². The number of hydrogen-bond donors (Lipinski definition) is 0. The maximum Gasteiger partial charge on any atom is 0.179 e. The molecular weight excluding hydrogens is 336 g/mol. The zero-order chi connectivity index (χ0) is 18.4. The van der Waals surface area contributed by atoms with E-state index in [0.717, 1.165) is 49.6 Å². The summed E-state index contributed by atoms with van der Waals surface area (Å²) in [5.74, 6) is 0.743. The highest BCUT2D eigenvalue weighted by atomic mass is 16.5. The summed E-state index contributed by atoms with van der Waals surface area (Å²) in [5.41, 5.74) is 3.62. The number of ether oxygens (including phenoxy) is 1. The Kier molecular flexibility index (Phi) is 3.47. The van der Waals surface area contributed by atoms with Crippen molar-refractivity contribution in [1.82, 2.24) is 0 Å². The number of fused-ring (bicyclic) bond motifs is 4. The van der Waals surface area contributed by atoms with Gasteiger partial charge in [0, 0.05) is 22.4 Å². The summed E-state index contributed by atoms with van der Waals surface area (Å²) in [6.45, 7) is 0. The molecule has 27 heavy (non-hydrogen) atoms. The number of hydrogen-bond acceptors (Lipinski definition) is 3. The van der Waals surface area contributed by atoms with Crippen LogP contribution in [0.4, 0.5) is 0 Å². The molecule has 0 radical (unpaired) electrons. The molecule has 1 aromatic heterocycles. The molecule has 0 N–H and O–H groups in total. The van der Waals surface area contributed by atoms with Crippen molar-refractivity contribution in [1.29, 1.82) is 0 Å². The van der Waals surface area contributed by atoms with E-state index in [1.807, 2.05) is 54.6 Å². The molecule has 1 heterocycles. The molecule has 3 nitrogen and oxygen atoms in total. The minimum atomic E-state index is -0.0103. The molecular formula is C24H16O3. The second kappa shape index (κ2) is 5.99. The number of benzene rings is 4. The summed E-state index contributed by atoms with van der Waals surface area (Å²) in [6.07, 6.45) is 0. The van der Waals surface area contributed by atoms with Gasteiger partial charge in [-0.2, -0.15) is 0 Å². The van der Waals surface area contributed by atoms with Gasteiger partial charge < -0.3 is 9.15 Å². The predicted octanol–water partition coefficient (Wildman–Crippen LogP) is 5.78. The third-order valence-electron chi connectivity index (χ3n) is 4.95. The smallest absolute Gasteiger partial charge is 0.179 e. The van der Waals surface area contributed by atoms with Crippen molar-refractivity contribution in [2.45, 2.75) is 0 Å². The lowest BCUT2D eigenvalue weighted by molar-refractivity contribution is 0.414. The molecule has 4 aromatic carbocycles. The molecule has 0 saturated heterocycles. The van der Waals surface area contributed by atoms with Gasteiger partial charge in [-0.3, -0.25) is 4.79 Å². The van der Waals surface area contributed by atoms with Crippen LogP contribution < -0.4 is 10.2 Å². The molecule has 0 fully saturated rings. The Morgan fingerprint density at radius 3 is 2.41 bits per heavy atom. The van der Waals surface area contributed by atoms with Crippen molar-refractivity contribution < 1.29 is 9.15 Å². The average molecular weight is 352 g/mol. The fourth-order valence-corrected chi connectivity index (χ4v) is 3.70. The summed E-state index contributed by atoms with van der Waals surface area (Å²) in [7, 11) is 1.64. The first-order chi connectivity index (χ1) is 13.2. The van der Waals surface area contributed by atoms with E-state index in [0.29, 0.717) is 0 Å². The Bertz CT molecular complexity index is 1370. The predicted molar refractivity (Wildman–Crippen MR) is 109 cm³/mol. The molecule has 5 rings (SSSR count). The van der Waals surface area contributed by atoms with Crippen LogP contribution >= 0.6 is 0 Å². The van der Waals surface area contributed by atoms with Gasteiger partial charge >= 0.3 is 0 Å². The lowest BCUT2D eigenvalue weighted by Gasteiger charge is -2.14. The van der Waals surface area contributed by atoms with E-state index in [-0.39, 0.29) is 5.43 Å². The first-order valence-electron chi connectivity index (χ1n) is 8.77. The monoisotopic (exact) mass is 352 g/mol. The number of methoxy groups -OCH3 is 1. The second-order valence-electron chi connectivity index (χ2n) is 6.53. The van der Waals surface area contributed by atoms with Crippen molar-refractivity contribution in [3.05, 3.63) is 89.1 Å². The summed E-state index contributed by atoms with van der Waals surface area (Å²) in [5, 5.41) is 3.86. The quantitative estimate of drug-likeness (QED) is 0.299. The number of rotatable bonds is 2. The second-order valence-corrected chi connectivity index (χ2v) is 6.53. The SMILES string of the molecule is COc1ccc2c(-c3ccccc3)c3c(ccc4ccc(=O)cc43)oc2c1. The Balaban J connectivity index is 2.06. The van der Waals surface area contributed by atoms with Crippen LogP contribution in [0.2, 0.25) is 0 Å². The van der Waals surface area contributed by atoms with Gasteiger partial charge in [-0.05, 0) is 46.7 Å². The van der Waals surface area contributed by atoms with Gasteiger partial charge in [0.1, 0.15) is 16.9 Å². The van der Waals surface area contributed by atoms with Crippen molar-refractivity contribution in [3.63, 3.8) is 0 Å². The molecule has 0 aliphatic rings. The maximum atomic E-state index is 12.1. The lowest BCUT2D eigenvalue weighted by atomic mass is 9.94. The van der Waals surface area contributed by atoms with E-state index in [1.54, 1.807) is 19.2 Å². The average Bonchev–Trinajstić information content (AvgIpc) is 2.72. The van der Waals surface area contributed by atoms with Crippen molar-refractivity contribution in [2.75, 3.05) is 7.11 Å². The van der Waals surface area contributed by atoms with Gasteiger partial charge in [0.25, 0.3) is 0 Å². The first-order valence-corrected chi connectivity index (χ1v) is 8.77. The van der Waals surface area contributed by atoms with Crippen LogP contribution in [0, 0.1) is 0 Å². The topological polar surface area (TPSA) is 39.4 Å². The first kappa shape index (κ1) is 15.6. The summed E-state index contributed by atoms with van der Waals surface area (Å²) in [4.78, 5) is 12.1. The van der Waals surface area contributed by atoms with Crippen LogP contribution in [-0.4, -0.2) is 7.11 Å². The fraction of sp³-hybridized carbons (Fsp3) is 0.0417. The lowest BCUT2D eigenvalue weighted by Crippen LogP contribution is -1.96. The van der Waals surface area contributed by atoms with Crippen LogP contribution in [0.15, 0.2) is 88.1 Å². The standard InChI is InChI=1S/C24H16O3/c1-26-18-10-11-19-22(14-18)27-21-12-8-15-7-9-17(25)13-20(15)24(21)23(19)16-5-3-2-4-6-16/h2-14H,1H3. The molecule has 0 aliphatic heterocycles. The molecule has 3 heteroatoms. The van der Waals surface area contributed by atoms with E-state index in [2.05, 4.69) is 12.1 Å². The Morgan fingerprint density at radius 2 is 1.59 bits per heavy atom. The molecule has 0 amide bonds. The van der Waals surface area contributed by atoms with E-state index in [4.69, 9.17) is 9.15 Å². The molecule has 0 atom stereocenters.